The van der Waals surface area contributed by atoms with Crippen LogP contribution in [0.25, 0.3) is 0 Å². The van der Waals surface area contributed by atoms with Gasteiger partial charge in [-0.3, -0.25) is 9.36 Å². The smallest absolute Gasteiger partial charge is 0.362 e. The van der Waals surface area contributed by atoms with E-state index in [1.165, 1.54) is 36.4 Å². The molecule has 1 aliphatic rings. The Bertz CT molecular complexity index is 921. The highest BCUT2D eigenvalue weighted by atomic mass is 31.2. The number of hydrogen-bond donors (Lipinski definition) is 5. The zero-order chi connectivity index (χ0) is 19.8. The minimum Gasteiger partial charge on any atom is -0.508 e. The van der Waals surface area contributed by atoms with Gasteiger partial charge in [0.05, 0.1) is 12.2 Å². The molecule has 2 aromatic carbocycles. The first-order valence-corrected chi connectivity index (χ1v) is 9.62. The second-order valence-electron chi connectivity index (χ2n) is 5.99. The van der Waals surface area contributed by atoms with Crippen LogP contribution in [0.5, 0.6) is 17.2 Å². The quantitative estimate of drug-likeness (QED) is 0.467. The number of phenols is 1. The molecule has 2 atom stereocenters. The van der Waals surface area contributed by atoms with Gasteiger partial charge in [0, 0.05) is 11.6 Å². The van der Waals surface area contributed by atoms with Crippen LogP contribution in [-0.4, -0.2) is 43.3 Å². The maximum atomic E-state index is 12.4. The molecule has 3 rings (SSSR count). The van der Waals surface area contributed by atoms with E-state index in [0.29, 0.717) is 5.56 Å². The molecule has 0 aliphatic carbocycles. The van der Waals surface area contributed by atoms with Crippen molar-refractivity contribution in [1.82, 2.24) is 0 Å². The third-order valence-corrected chi connectivity index (χ3v) is 4.48. The van der Waals surface area contributed by atoms with Gasteiger partial charge in [-0.2, -0.15) is 0 Å². The molecule has 2 aromatic rings. The summed E-state index contributed by atoms with van der Waals surface area (Å²) in [5, 5.41) is 29.4. The number of aromatic hydroxyl groups is 1. The Kier molecular flexibility index (Phi) is 5.23. The molecule has 9 nitrogen and oxygen atoms in total. The monoisotopic (exact) mass is 396 g/mol. The van der Waals surface area contributed by atoms with E-state index in [-0.39, 0.29) is 28.4 Å². The highest BCUT2D eigenvalue weighted by molar-refractivity contribution is 7.51. The van der Waals surface area contributed by atoms with Gasteiger partial charge in [-0.15, -0.1) is 0 Å². The number of aliphatic hydroxyl groups excluding tert-OH is 2. The SMILES string of the molecule is O=C1c2ccc(O)cc2OC(c2ccc(OCP(=O)(O)O)c(CO)c2)C1O. The maximum Gasteiger partial charge on any atom is 0.362 e. The number of benzene rings is 2. The van der Waals surface area contributed by atoms with Crippen molar-refractivity contribution in [2.24, 2.45) is 0 Å². The summed E-state index contributed by atoms with van der Waals surface area (Å²) >= 11 is 0. The van der Waals surface area contributed by atoms with Gasteiger partial charge < -0.3 is 34.6 Å². The molecule has 0 saturated heterocycles. The molecular weight excluding hydrogens is 379 g/mol. The predicted molar refractivity (Wildman–Crippen MR) is 91.7 cm³/mol. The van der Waals surface area contributed by atoms with Crippen LogP contribution in [0.3, 0.4) is 0 Å². The van der Waals surface area contributed by atoms with E-state index in [1.54, 1.807) is 0 Å². The molecule has 0 spiro atoms. The Hall–Kier alpha value is -2.42. The first-order chi connectivity index (χ1) is 12.7. The van der Waals surface area contributed by atoms with Gasteiger partial charge in [0.1, 0.15) is 17.2 Å². The Morgan fingerprint density at radius 1 is 1.15 bits per heavy atom. The topological polar surface area (TPSA) is 154 Å². The normalized spacial score (nSPS) is 19.3. The van der Waals surface area contributed by atoms with Crippen LogP contribution < -0.4 is 9.47 Å². The lowest BCUT2D eigenvalue weighted by Crippen LogP contribution is -2.36. The molecule has 10 heteroatoms. The molecule has 27 heavy (non-hydrogen) atoms. The molecule has 5 N–H and O–H groups in total. The zero-order valence-electron chi connectivity index (χ0n) is 13.8. The van der Waals surface area contributed by atoms with Crippen molar-refractivity contribution >= 4 is 13.4 Å². The molecule has 0 saturated carbocycles. The Labute approximate surface area is 153 Å². The highest BCUT2D eigenvalue weighted by Gasteiger charge is 2.37. The Morgan fingerprint density at radius 3 is 2.56 bits per heavy atom. The summed E-state index contributed by atoms with van der Waals surface area (Å²) in [4.78, 5) is 30.2. The number of carbonyl (C=O) groups excluding carboxylic acids is 1. The summed E-state index contributed by atoms with van der Waals surface area (Å²) in [6.07, 6.45) is -3.45. The van der Waals surface area contributed by atoms with Crippen molar-refractivity contribution in [3.05, 3.63) is 53.1 Å². The highest BCUT2D eigenvalue weighted by Crippen LogP contribution is 2.39. The van der Waals surface area contributed by atoms with Crippen molar-refractivity contribution in [3.8, 4) is 17.2 Å². The fourth-order valence-electron chi connectivity index (χ4n) is 2.75. The number of carbonyl (C=O) groups is 1. The predicted octanol–water partition coefficient (Wildman–Crippen LogP) is 1.08. The van der Waals surface area contributed by atoms with Gasteiger partial charge in [0.2, 0.25) is 0 Å². The summed E-state index contributed by atoms with van der Waals surface area (Å²) in [6.45, 7) is -0.502. The fourth-order valence-corrected chi connectivity index (χ4v) is 3.06. The molecule has 0 aromatic heterocycles. The van der Waals surface area contributed by atoms with Crippen molar-refractivity contribution in [1.29, 1.82) is 0 Å². The Balaban J connectivity index is 1.92. The van der Waals surface area contributed by atoms with Crippen LogP contribution in [0.15, 0.2) is 36.4 Å². The van der Waals surface area contributed by atoms with Crippen LogP contribution in [0.4, 0.5) is 0 Å². The second kappa shape index (κ2) is 7.30. The van der Waals surface area contributed by atoms with Gasteiger partial charge >= 0.3 is 7.60 Å². The first kappa shape index (κ1) is 19.3. The van der Waals surface area contributed by atoms with E-state index in [0.717, 1.165) is 0 Å². The van der Waals surface area contributed by atoms with Crippen LogP contribution >= 0.6 is 7.60 Å². The maximum absolute atomic E-state index is 12.4. The number of ketones is 1. The lowest BCUT2D eigenvalue weighted by Gasteiger charge is -2.30. The number of fused-ring (bicyclic) bond motifs is 1. The van der Waals surface area contributed by atoms with Crippen LogP contribution in [-0.2, 0) is 11.2 Å². The largest absolute Gasteiger partial charge is 0.508 e. The van der Waals surface area contributed by atoms with Crippen LogP contribution in [0.1, 0.15) is 27.6 Å². The lowest BCUT2D eigenvalue weighted by molar-refractivity contribution is 0.0215. The lowest BCUT2D eigenvalue weighted by atomic mass is 9.92. The molecule has 1 heterocycles. The number of phenolic OH excluding ortho intramolecular Hbond substituents is 1. The average Bonchev–Trinajstić information content (AvgIpc) is 2.62. The molecule has 2 unspecified atom stereocenters. The van der Waals surface area contributed by atoms with E-state index < -0.39 is 38.5 Å². The number of Topliss-reactive ketones (excluding diaryl/α,β-unsaturated/α-hetero) is 1. The number of aliphatic hydroxyl groups is 2. The summed E-state index contributed by atoms with van der Waals surface area (Å²) in [5.41, 5.74) is 0.684. The summed E-state index contributed by atoms with van der Waals surface area (Å²) in [5.74, 6) is -0.510. The van der Waals surface area contributed by atoms with E-state index in [9.17, 15) is 24.7 Å². The average molecular weight is 396 g/mol. The van der Waals surface area contributed by atoms with Crippen molar-refractivity contribution in [2.45, 2.75) is 18.8 Å². The van der Waals surface area contributed by atoms with Crippen molar-refractivity contribution in [3.63, 3.8) is 0 Å². The van der Waals surface area contributed by atoms with Gasteiger partial charge in [-0.1, -0.05) is 6.07 Å². The minimum absolute atomic E-state index is 0.0549. The van der Waals surface area contributed by atoms with Gasteiger partial charge in [-0.05, 0) is 29.8 Å². The molecule has 0 bridgehead atoms. The van der Waals surface area contributed by atoms with E-state index in [4.69, 9.17) is 19.3 Å². The number of ether oxygens (including phenoxy) is 2. The number of hydrogen-bond acceptors (Lipinski definition) is 7. The third-order valence-electron chi connectivity index (χ3n) is 4.01. The first-order valence-electron chi connectivity index (χ1n) is 7.82. The third kappa shape index (κ3) is 4.13. The zero-order valence-corrected chi connectivity index (χ0v) is 14.7. The van der Waals surface area contributed by atoms with Gasteiger partial charge in [0.25, 0.3) is 0 Å². The molecule has 0 amide bonds. The van der Waals surface area contributed by atoms with E-state index >= 15 is 0 Å². The van der Waals surface area contributed by atoms with Gasteiger partial charge in [-0.25, -0.2) is 0 Å². The second-order valence-corrected chi connectivity index (χ2v) is 7.58. The van der Waals surface area contributed by atoms with E-state index in [2.05, 4.69) is 0 Å². The van der Waals surface area contributed by atoms with Gasteiger partial charge in [0.15, 0.2) is 24.3 Å². The standard InChI is InChI=1S/C17H17O9P/c18-7-10-5-9(1-4-13(10)25-8-27(22,23)24)17-16(21)15(20)12-3-2-11(19)6-14(12)26-17/h1-6,16-19,21H,7-8H2,(H2,22,23,24). The number of rotatable bonds is 5. The summed E-state index contributed by atoms with van der Waals surface area (Å²) in [6, 6.07) is 8.13. The van der Waals surface area contributed by atoms with Crippen molar-refractivity contribution < 1.29 is 43.9 Å². The molecule has 1 aliphatic heterocycles. The van der Waals surface area contributed by atoms with Crippen LogP contribution in [0, 0.1) is 0 Å². The van der Waals surface area contributed by atoms with Crippen LogP contribution in [0.2, 0.25) is 0 Å². The molecular formula is C17H17O9P. The minimum atomic E-state index is -4.40. The summed E-state index contributed by atoms with van der Waals surface area (Å²) < 4.78 is 21.6. The van der Waals surface area contributed by atoms with E-state index in [1.807, 2.05) is 0 Å². The summed E-state index contributed by atoms with van der Waals surface area (Å²) in [7, 11) is -4.40. The Morgan fingerprint density at radius 2 is 1.89 bits per heavy atom. The van der Waals surface area contributed by atoms with Crippen molar-refractivity contribution in [2.75, 3.05) is 6.35 Å². The molecule has 0 radical (unpaired) electrons. The fraction of sp³-hybridized carbons (Fsp3) is 0.235. The molecule has 0 fully saturated rings. The molecule has 144 valence electrons.